The first-order chi connectivity index (χ1) is 17.1. The first-order valence-electron chi connectivity index (χ1n) is 10.8. The molecular formula is C24H20F2N6O4. The van der Waals surface area contributed by atoms with Crippen LogP contribution in [0.1, 0.15) is 28.7 Å². The predicted molar refractivity (Wildman–Crippen MR) is 124 cm³/mol. The molecule has 1 aromatic heterocycles. The molecule has 1 spiro atoms. The van der Waals surface area contributed by atoms with E-state index in [2.05, 4.69) is 15.3 Å². The lowest BCUT2D eigenvalue weighted by Crippen LogP contribution is -2.69. The van der Waals surface area contributed by atoms with Crippen LogP contribution in [0.3, 0.4) is 0 Å². The highest BCUT2D eigenvalue weighted by molar-refractivity contribution is 6.20. The molecule has 0 bridgehead atoms. The third-order valence-corrected chi connectivity index (χ3v) is 6.75. The van der Waals surface area contributed by atoms with Gasteiger partial charge in [0, 0.05) is 20.0 Å². The van der Waals surface area contributed by atoms with Crippen molar-refractivity contribution in [2.45, 2.75) is 12.0 Å². The van der Waals surface area contributed by atoms with Crippen molar-refractivity contribution in [3.05, 3.63) is 87.2 Å². The number of fused-ring (bicyclic) bond motifs is 1. The van der Waals surface area contributed by atoms with E-state index in [1.807, 2.05) is 0 Å². The Kier molecular flexibility index (Phi) is 5.12. The largest absolute Gasteiger partial charge is 0.369 e. The first kappa shape index (κ1) is 23.1. The molecule has 0 radical (unpaired) electrons. The minimum absolute atomic E-state index is 0.00617. The van der Waals surface area contributed by atoms with Crippen molar-refractivity contribution < 1.29 is 23.2 Å². The number of hydrogen-bond donors (Lipinski definition) is 3. The van der Waals surface area contributed by atoms with E-state index in [0.29, 0.717) is 5.56 Å². The average molecular weight is 494 g/mol. The number of urea groups is 1. The predicted octanol–water partition coefficient (Wildman–Crippen LogP) is 1.97. The zero-order valence-corrected chi connectivity index (χ0v) is 19.1. The number of carbonyl (C=O) groups excluding carboxylic acids is 3. The number of H-pyrrole nitrogens is 1. The van der Waals surface area contributed by atoms with Crippen LogP contribution in [0, 0.1) is 17.0 Å². The number of aromatic nitrogens is 2. The Hall–Kier alpha value is -4.61. The molecule has 0 aliphatic carbocycles. The lowest BCUT2D eigenvalue weighted by molar-refractivity contribution is -0.160. The number of nitrogens with one attached hydrogen (secondary N) is 2. The van der Waals surface area contributed by atoms with Gasteiger partial charge >= 0.3 is 6.03 Å². The van der Waals surface area contributed by atoms with Crippen LogP contribution in [0.4, 0.5) is 25.3 Å². The van der Waals surface area contributed by atoms with E-state index in [0.717, 1.165) is 34.1 Å². The molecule has 36 heavy (non-hydrogen) atoms. The molecule has 4 amide bonds. The molecule has 2 aromatic carbocycles. The zero-order valence-electron chi connectivity index (χ0n) is 19.1. The van der Waals surface area contributed by atoms with E-state index < -0.39 is 52.4 Å². The summed E-state index contributed by atoms with van der Waals surface area (Å²) in [6.45, 7) is 0. The Morgan fingerprint density at radius 1 is 0.861 bits per heavy atom. The second-order valence-electron chi connectivity index (χ2n) is 8.71. The van der Waals surface area contributed by atoms with E-state index in [4.69, 9.17) is 5.73 Å². The van der Waals surface area contributed by atoms with Crippen LogP contribution in [0.15, 0.2) is 53.3 Å². The van der Waals surface area contributed by atoms with Gasteiger partial charge in [0.2, 0.25) is 17.8 Å². The summed E-state index contributed by atoms with van der Waals surface area (Å²) in [6, 6.07) is 7.97. The quantitative estimate of drug-likeness (QED) is 0.463. The van der Waals surface area contributed by atoms with Crippen LogP contribution in [0.2, 0.25) is 0 Å². The third kappa shape index (κ3) is 3.10. The average Bonchev–Trinajstić information content (AvgIpc) is 2.85. The van der Waals surface area contributed by atoms with E-state index in [1.165, 1.54) is 38.4 Å². The van der Waals surface area contributed by atoms with Gasteiger partial charge in [-0.15, -0.1) is 0 Å². The number of nitrogens with zero attached hydrogens (tertiary/aromatic N) is 3. The van der Waals surface area contributed by atoms with Crippen molar-refractivity contribution in [1.82, 2.24) is 19.8 Å². The summed E-state index contributed by atoms with van der Waals surface area (Å²) in [4.78, 5) is 62.2. The summed E-state index contributed by atoms with van der Waals surface area (Å²) in [5.74, 6) is -4.46. The van der Waals surface area contributed by atoms with Crippen LogP contribution >= 0.6 is 0 Å². The molecule has 2 aliphatic rings. The molecule has 1 saturated heterocycles. The summed E-state index contributed by atoms with van der Waals surface area (Å²) in [5, 5.41) is 2.99. The number of imide groups is 2. The SMILES string of the molecule is CN1C(=O)N(C)C(=O)C2(C1=O)C(c1ccc(F)cc1)Nc1nc(N)[nH]c(=O)c1C2c1ccc(F)cc1. The van der Waals surface area contributed by atoms with Crippen LogP contribution < -0.4 is 16.6 Å². The van der Waals surface area contributed by atoms with Gasteiger partial charge in [0.1, 0.15) is 17.5 Å². The molecule has 5 rings (SSSR count). The summed E-state index contributed by atoms with van der Waals surface area (Å²) >= 11 is 0. The van der Waals surface area contributed by atoms with Gasteiger partial charge in [-0.1, -0.05) is 24.3 Å². The molecule has 10 nitrogen and oxygen atoms in total. The fourth-order valence-electron chi connectivity index (χ4n) is 5.15. The molecule has 4 N–H and O–H groups in total. The number of rotatable bonds is 2. The Morgan fingerprint density at radius 3 is 1.89 bits per heavy atom. The van der Waals surface area contributed by atoms with Crippen LogP contribution in [-0.4, -0.2) is 51.7 Å². The fourth-order valence-corrected chi connectivity index (χ4v) is 5.15. The summed E-state index contributed by atoms with van der Waals surface area (Å²) in [7, 11) is 2.44. The van der Waals surface area contributed by atoms with Crippen molar-refractivity contribution in [1.29, 1.82) is 0 Å². The summed E-state index contributed by atoms with van der Waals surface area (Å²) < 4.78 is 27.7. The van der Waals surface area contributed by atoms with Crippen LogP contribution in [0.25, 0.3) is 0 Å². The van der Waals surface area contributed by atoms with E-state index >= 15 is 0 Å². The number of barbiturate groups is 1. The number of aromatic amines is 1. The maximum atomic E-state index is 14.1. The van der Waals surface area contributed by atoms with Crippen molar-refractivity contribution in [3.63, 3.8) is 0 Å². The third-order valence-electron chi connectivity index (χ3n) is 6.75. The molecule has 3 aromatic rings. The van der Waals surface area contributed by atoms with Crippen molar-refractivity contribution in [2.24, 2.45) is 5.41 Å². The monoisotopic (exact) mass is 494 g/mol. The molecule has 2 unspecified atom stereocenters. The van der Waals surface area contributed by atoms with Gasteiger partial charge < -0.3 is 11.1 Å². The minimum atomic E-state index is -2.15. The number of halogens is 2. The second-order valence-corrected chi connectivity index (χ2v) is 8.71. The molecule has 0 saturated carbocycles. The van der Waals surface area contributed by atoms with Crippen molar-refractivity contribution in [3.8, 4) is 0 Å². The van der Waals surface area contributed by atoms with Gasteiger partial charge in [-0.2, -0.15) is 4.98 Å². The van der Waals surface area contributed by atoms with E-state index in [-0.39, 0.29) is 22.9 Å². The van der Waals surface area contributed by atoms with Gasteiger partial charge in [0.05, 0.1) is 11.6 Å². The summed E-state index contributed by atoms with van der Waals surface area (Å²) in [5.41, 5.74) is 3.38. The van der Waals surface area contributed by atoms with Gasteiger partial charge in [0.15, 0.2) is 5.41 Å². The Labute approximate surface area is 202 Å². The molecule has 12 heteroatoms. The maximum Gasteiger partial charge on any atom is 0.332 e. The molecule has 2 atom stereocenters. The highest BCUT2D eigenvalue weighted by atomic mass is 19.1. The minimum Gasteiger partial charge on any atom is -0.369 e. The van der Waals surface area contributed by atoms with Crippen molar-refractivity contribution in [2.75, 3.05) is 25.1 Å². The molecule has 184 valence electrons. The summed E-state index contributed by atoms with van der Waals surface area (Å²) in [6.07, 6.45) is 0. The van der Waals surface area contributed by atoms with Crippen LogP contribution in [0.5, 0.6) is 0 Å². The zero-order chi connectivity index (χ0) is 25.9. The fraction of sp³-hybridized carbons (Fsp3) is 0.208. The van der Waals surface area contributed by atoms with Gasteiger partial charge in [0.25, 0.3) is 5.56 Å². The smallest absolute Gasteiger partial charge is 0.332 e. The van der Waals surface area contributed by atoms with Crippen molar-refractivity contribution >= 4 is 29.6 Å². The van der Waals surface area contributed by atoms with Gasteiger partial charge in [-0.05, 0) is 35.4 Å². The molecule has 3 heterocycles. The molecule has 2 aliphatic heterocycles. The Bertz CT molecular complexity index is 1450. The Morgan fingerprint density at radius 2 is 1.36 bits per heavy atom. The molecule has 1 fully saturated rings. The number of benzene rings is 2. The highest BCUT2D eigenvalue weighted by Crippen LogP contribution is 2.57. The standard InChI is InChI=1S/C24H20F2N6O4/c1-31-20(34)24(21(35)32(2)23(31)36)16(11-3-7-13(25)8-4-11)15-18(29-22(27)30-19(15)33)28-17(24)12-5-9-14(26)10-6-12/h3-10,16-17H,1-2H3,(H4,27,28,29,30,33). The maximum absolute atomic E-state index is 14.1. The number of nitrogens with two attached hydrogens (primary N) is 1. The topological polar surface area (TPSA) is 141 Å². The van der Waals surface area contributed by atoms with Crippen LogP contribution in [-0.2, 0) is 9.59 Å². The first-order valence-corrected chi connectivity index (χ1v) is 10.8. The van der Waals surface area contributed by atoms with E-state index in [1.54, 1.807) is 0 Å². The van der Waals surface area contributed by atoms with Gasteiger partial charge in [-0.25, -0.2) is 13.6 Å². The normalized spacial score (nSPS) is 20.9. The Balaban J connectivity index is 1.92. The lowest BCUT2D eigenvalue weighted by Gasteiger charge is -2.52. The molecular weight excluding hydrogens is 474 g/mol. The number of nitrogen functional groups attached to an aromatic ring is 1. The van der Waals surface area contributed by atoms with Gasteiger partial charge in [-0.3, -0.25) is 29.2 Å². The second kappa shape index (κ2) is 7.97. The van der Waals surface area contributed by atoms with E-state index in [9.17, 15) is 28.0 Å². The lowest BCUT2D eigenvalue weighted by atomic mass is 9.59. The highest BCUT2D eigenvalue weighted by Gasteiger charge is 2.67. The number of amides is 4. The number of carbonyl (C=O) groups is 3. The number of hydrogen-bond acceptors (Lipinski definition) is 7. The number of anilines is 2.